The molecule has 0 bridgehead atoms. The Bertz CT molecular complexity index is 341. The molecule has 0 radical (unpaired) electrons. The van der Waals surface area contributed by atoms with E-state index in [1.807, 2.05) is 13.8 Å². The van der Waals surface area contributed by atoms with Gasteiger partial charge in [0.05, 0.1) is 0 Å². The zero-order valence-corrected chi connectivity index (χ0v) is 13.4. The Morgan fingerprint density at radius 3 is 2.38 bits per heavy atom. The summed E-state index contributed by atoms with van der Waals surface area (Å²) in [6.45, 7) is 9.01. The summed E-state index contributed by atoms with van der Waals surface area (Å²) in [5.74, 6) is -1.06. The maximum absolute atomic E-state index is 12.0. The van der Waals surface area contributed by atoms with E-state index < -0.39 is 12.0 Å². The van der Waals surface area contributed by atoms with E-state index in [-0.39, 0.29) is 18.0 Å². The number of likely N-dealkylation sites (tertiary alicyclic amines) is 1. The Hall–Kier alpha value is -1.30. The van der Waals surface area contributed by atoms with Crippen LogP contribution in [0.4, 0.5) is 4.79 Å². The highest BCUT2D eigenvalue weighted by molar-refractivity contribution is 5.82. The molecule has 122 valence electrons. The van der Waals surface area contributed by atoms with Crippen LogP contribution in [0.5, 0.6) is 0 Å². The second kappa shape index (κ2) is 8.87. The molecule has 6 heteroatoms. The fourth-order valence-corrected chi connectivity index (χ4v) is 2.67. The zero-order valence-electron chi connectivity index (χ0n) is 13.4. The third-order valence-electron chi connectivity index (χ3n) is 4.23. The van der Waals surface area contributed by atoms with Gasteiger partial charge in [-0.05, 0) is 31.7 Å². The van der Waals surface area contributed by atoms with Gasteiger partial charge in [0.2, 0.25) is 0 Å². The van der Waals surface area contributed by atoms with Crippen molar-refractivity contribution in [1.82, 2.24) is 15.5 Å². The van der Waals surface area contributed by atoms with Crippen LogP contribution < -0.4 is 10.6 Å². The Labute approximate surface area is 127 Å². The monoisotopic (exact) mass is 299 g/mol. The summed E-state index contributed by atoms with van der Waals surface area (Å²) in [5, 5.41) is 14.7. The number of hydrogen-bond acceptors (Lipinski definition) is 3. The van der Waals surface area contributed by atoms with E-state index in [1.54, 1.807) is 0 Å². The van der Waals surface area contributed by atoms with Crippen molar-refractivity contribution in [2.24, 2.45) is 5.92 Å². The van der Waals surface area contributed by atoms with Gasteiger partial charge >= 0.3 is 12.0 Å². The summed E-state index contributed by atoms with van der Waals surface area (Å²) in [6.07, 6.45) is 3.71. The van der Waals surface area contributed by atoms with Gasteiger partial charge in [-0.2, -0.15) is 0 Å². The van der Waals surface area contributed by atoms with Crippen LogP contribution in [0.15, 0.2) is 0 Å². The second-order valence-corrected chi connectivity index (χ2v) is 5.94. The van der Waals surface area contributed by atoms with E-state index in [4.69, 9.17) is 0 Å². The minimum Gasteiger partial charge on any atom is -0.480 e. The number of amides is 2. The first-order chi connectivity index (χ1) is 9.97. The van der Waals surface area contributed by atoms with Crippen molar-refractivity contribution in [2.75, 3.05) is 19.6 Å². The van der Waals surface area contributed by atoms with Gasteiger partial charge in [-0.25, -0.2) is 9.59 Å². The fraction of sp³-hybridized carbons (Fsp3) is 0.867. The average Bonchev–Trinajstić information content (AvgIpc) is 2.46. The number of rotatable bonds is 7. The van der Waals surface area contributed by atoms with Crippen molar-refractivity contribution in [3.63, 3.8) is 0 Å². The Morgan fingerprint density at radius 1 is 1.29 bits per heavy atom. The third-order valence-corrected chi connectivity index (χ3v) is 4.23. The van der Waals surface area contributed by atoms with Crippen molar-refractivity contribution >= 4 is 12.0 Å². The van der Waals surface area contributed by atoms with Crippen LogP contribution in [0.3, 0.4) is 0 Å². The van der Waals surface area contributed by atoms with Crippen LogP contribution in [0, 0.1) is 5.92 Å². The highest BCUT2D eigenvalue weighted by Gasteiger charge is 2.27. The van der Waals surface area contributed by atoms with E-state index in [1.165, 1.54) is 0 Å². The van der Waals surface area contributed by atoms with Gasteiger partial charge in [0.1, 0.15) is 6.04 Å². The zero-order chi connectivity index (χ0) is 15.8. The summed E-state index contributed by atoms with van der Waals surface area (Å²) in [5.41, 5.74) is 0. The molecule has 0 saturated carbocycles. The average molecular weight is 299 g/mol. The van der Waals surface area contributed by atoms with Crippen LogP contribution in [0.25, 0.3) is 0 Å². The second-order valence-electron chi connectivity index (χ2n) is 5.94. The van der Waals surface area contributed by atoms with Gasteiger partial charge in [0, 0.05) is 19.1 Å². The van der Waals surface area contributed by atoms with Crippen LogP contribution in [-0.2, 0) is 4.79 Å². The molecule has 1 rings (SSSR count). The molecule has 0 spiro atoms. The molecule has 1 aliphatic rings. The first-order valence-electron chi connectivity index (χ1n) is 8.00. The molecule has 0 unspecified atom stereocenters. The number of carbonyl (C=O) groups is 2. The van der Waals surface area contributed by atoms with Crippen LogP contribution >= 0.6 is 0 Å². The number of nitrogens with zero attached hydrogens (tertiary/aromatic N) is 1. The first-order valence-corrected chi connectivity index (χ1v) is 8.00. The number of carbonyl (C=O) groups excluding carboxylic acids is 1. The minimum absolute atomic E-state index is 0.0837. The van der Waals surface area contributed by atoms with Crippen LogP contribution in [0.1, 0.15) is 46.5 Å². The standard InChI is InChI=1S/C15H29N3O3/c1-4-8-18-9-6-12(7-10-18)16-15(21)17-13(14(19)20)11(3)5-2/h11-13H,4-10H2,1-3H3,(H,19,20)(H2,16,17,21)/t11-,13-/m0/s1. The summed E-state index contributed by atoms with van der Waals surface area (Å²) in [7, 11) is 0. The molecular weight excluding hydrogens is 270 g/mol. The molecule has 0 aromatic heterocycles. The number of aliphatic carboxylic acids is 1. The number of carboxylic acid groups (broad SMARTS) is 1. The molecule has 1 heterocycles. The summed E-state index contributed by atoms with van der Waals surface area (Å²) in [4.78, 5) is 25.5. The number of carboxylic acids is 1. The molecule has 0 aliphatic carbocycles. The maximum atomic E-state index is 12.0. The highest BCUT2D eigenvalue weighted by Crippen LogP contribution is 2.11. The number of hydrogen-bond donors (Lipinski definition) is 3. The van der Waals surface area contributed by atoms with E-state index in [0.29, 0.717) is 6.42 Å². The third kappa shape index (κ3) is 5.91. The Morgan fingerprint density at radius 2 is 1.90 bits per heavy atom. The Balaban J connectivity index is 2.38. The van der Waals surface area contributed by atoms with E-state index in [0.717, 1.165) is 38.9 Å². The van der Waals surface area contributed by atoms with Gasteiger partial charge in [-0.3, -0.25) is 0 Å². The SMILES string of the molecule is CCCN1CCC(NC(=O)N[C@H](C(=O)O)[C@@H](C)CC)CC1. The first kappa shape index (κ1) is 17.8. The van der Waals surface area contributed by atoms with Crippen LogP contribution in [-0.4, -0.2) is 53.7 Å². The largest absolute Gasteiger partial charge is 0.480 e. The molecular formula is C15H29N3O3. The molecule has 1 aliphatic heterocycles. The van der Waals surface area contributed by atoms with E-state index in [2.05, 4.69) is 22.5 Å². The summed E-state index contributed by atoms with van der Waals surface area (Å²) >= 11 is 0. The van der Waals surface area contributed by atoms with Gasteiger partial charge < -0.3 is 20.6 Å². The van der Waals surface area contributed by atoms with Crippen molar-refractivity contribution in [1.29, 1.82) is 0 Å². The lowest BCUT2D eigenvalue weighted by Crippen LogP contribution is -2.53. The number of nitrogens with one attached hydrogen (secondary N) is 2. The molecule has 3 N–H and O–H groups in total. The topological polar surface area (TPSA) is 81.7 Å². The lowest BCUT2D eigenvalue weighted by molar-refractivity contribution is -0.140. The fourth-order valence-electron chi connectivity index (χ4n) is 2.67. The molecule has 0 aromatic rings. The lowest BCUT2D eigenvalue weighted by Gasteiger charge is -2.32. The normalized spacial score (nSPS) is 19.8. The van der Waals surface area contributed by atoms with Gasteiger partial charge in [-0.15, -0.1) is 0 Å². The lowest BCUT2D eigenvalue weighted by atomic mass is 9.99. The molecule has 21 heavy (non-hydrogen) atoms. The Kier molecular flexibility index (Phi) is 7.50. The molecule has 6 nitrogen and oxygen atoms in total. The van der Waals surface area contributed by atoms with Crippen molar-refractivity contribution in [3.05, 3.63) is 0 Å². The van der Waals surface area contributed by atoms with Gasteiger partial charge in [0.25, 0.3) is 0 Å². The summed E-state index contributed by atoms with van der Waals surface area (Å²) in [6, 6.07) is -1.05. The number of piperidine rings is 1. The highest BCUT2D eigenvalue weighted by atomic mass is 16.4. The van der Waals surface area contributed by atoms with Crippen LogP contribution in [0.2, 0.25) is 0 Å². The molecule has 1 saturated heterocycles. The van der Waals surface area contributed by atoms with Gasteiger partial charge in [-0.1, -0.05) is 27.2 Å². The molecule has 2 atom stereocenters. The van der Waals surface area contributed by atoms with Crippen molar-refractivity contribution in [3.8, 4) is 0 Å². The quantitative estimate of drug-likeness (QED) is 0.668. The van der Waals surface area contributed by atoms with Gasteiger partial charge in [0.15, 0.2) is 0 Å². The molecule has 0 aromatic carbocycles. The predicted molar refractivity (Wildman–Crippen MR) is 82.3 cm³/mol. The molecule has 1 fully saturated rings. The molecule has 2 amide bonds. The van der Waals surface area contributed by atoms with E-state index >= 15 is 0 Å². The van der Waals surface area contributed by atoms with Crippen molar-refractivity contribution < 1.29 is 14.7 Å². The van der Waals surface area contributed by atoms with Crippen molar-refractivity contribution in [2.45, 2.75) is 58.5 Å². The smallest absolute Gasteiger partial charge is 0.326 e. The predicted octanol–water partition coefficient (Wildman–Crippen LogP) is 1.66. The minimum atomic E-state index is -0.975. The van der Waals surface area contributed by atoms with E-state index in [9.17, 15) is 14.7 Å². The maximum Gasteiger partial charge on any atom is 0.326 e. The number of urea groups is 1. The summed E-state index contributed by atoms with van der Waals surface area (Å²) < 4.78 is 0.